The number of amides is 1. The molecular weight excluding hydrogens is 446 g/mol. The highest BCUT2D eigenvalue weighted by molar-refractivity contribution is 7.89. The Kier molecular flexibility index (Phi) is 6.99. The molecule has 1 aliphatic heterocycles. The molecule has 0 radical (unpaired) electrons. The van der Waals surface area contributed by atoms with Crippen LogP contribution in [0.2, 0.25) is 0 Å². The highest BCUT2D eigenvalue weighted by Crippen LogP contribution is 2.30. The Labute approximate surface area is 193 Å². The SMILES string of the molecule is CC(=O)[C@H](Cc1ccc(C)cc1C)N1CCN(S(=O)(=O)c2ccccc2[N+](=O)[O-])[C@@H](C)C1=O. The van der Waals surface area contributed by atoms with Gasteiger partial charge in [-0.25, -0.2) is 8.42 Å². The summed E-state index contributed by atoms with van der Waals surface area (Å²) in [5.41, 5.74) is 2.50. The molecule has 2 aromatic rings. The van der Waals surface area contributed by atoms with Gasteiger partial charge in [-0.2, -0.15) is 4.31 Å². The number of carbonyl (C=O) groups excluding carboxylic acids is 2. The quantitative estimate of drug-likeness (QED) is 0.451. The van der Waals surface area contributed by atoms with E-state index in [1.807, 2.05) is 32.0 Å². The number of Topliss-reactive ketones (excluding diaryl/α,β-unsaturated/α-hetero) is 1. The Morgan fingerprint density at radius 1 is 1.18 bits per heavy atom. The number of aryl methyl sites for hydroxylation is 2. The van der Waals surface area contributed by atoms with Crippen LogP contribution in [0.1, 0.15) is 30.5 Å². The van der Waals surface area contributed by atoms with Gasteiger partial charge in [-0.15, -0.1) is 0 Å². The number of nitro groups is 1. The van der Waals surface area contributed by atoms with Crippen molar-refractivity contribution in [2.75, 3.05) is 13.1 Å². The van der Waals surface area contributed by atoms with Crippen LogP contribution in [0.3, 0.4) is 0 Å². The number of nitro benzene ring substituents is 1. The molecule has 1 aliphatic rings. The summed E-state index contributed by atoms with van der Waals surface area (Å²) in [7, 11) is -4.30. The Balaban J connectivity index is 1.89. The van der Waals surface area contributed by atoms with E-state index in [9.17, 15) is 28.1 Å². The molecule has 2 aromatic carbocycles. The molecule has 0 bridgehead atoms. The third kappa shape index (κ3) is 4.81. The molecule has 176 valence electrons. The summed E-state index contributed by atoms with van der Waals surface area (Å²) in [5, 5.41) is 11.3. The molecular formula is C23H27N3O6S. The second-order valence-electron chi connectivity index (χ2n) is 8.31. The average Bonchev–Trinajstić information content (AvgIpc) is 2.75. The van der Waals surface area contributed by atoms with E-state index < -0.39 is 43.5 Å². The van der Waals surface area contributed by atoms with E-state index in [1.165, 1.54) is 30.9 Å². The maximum absolute atomic E-state index is 13.2. The van der Waals surface area contributed by atoms with Gasteiger partial charge >= 0.3 is 0 Å². The summed E-state index contributed by atoms with van der Waals surface area (Å²) in [6.45, 7) is 6.72. The number of rotatable bonds is 7. The van der Waals surface area contributed by atoms with Crippen LogP contribution < -0.4 is 0 Å². The van der Waals surface area contributed by atoms with Crippen LogP contribution >= 0.6 is 0 Å². The van der Waals surface area contributed by atoms with Crippen molar-refractivity contribution in [1.82, 2.24) is 9.21 Å². The second kappa shape index (κ2) is 9.40. The molecule has 1 amide bonds. The van der Waals surface area contributed by atoms with Gasteiger partial charge in [0.15, 0.2) is 10.7 Å². The lowest BCUT2D eigenvalue weighted by atomic mass is 9.95. The van der Waals surface area contributed by atoms with Crippen molar-refractivity contribution in [3.8, 4) is 0 Å². The first kappa shape index (κ1) is 24.5. The summed E-state index contributed by atoms with van der Waals surface area (Å²) < 4.78 is 27.4. The van der Waals surface area contributed by atoms with Gasteiger partial charge in [0.25, 0.3) is 15.7 Å². The third-order valence-corrected chi connectivity index (χ3v) is 8.06. The zero-order valence-electron chi connectivity index (χ0n) is 19.0. The number of benzene rings is 2. The van der Waals surface area contributed by atoms with E-state index in [4.69, 9.17) is 0 Å². The van der Waals surface area contributed by atoms with Crippen molar-refractivity contribution in [2.24, 2.45) is 0 Å². The van der Waals surface area contributed by atoms with Crippen molar-refractivity contribution < 1.29 is 22.9 Å². The van der Waals surface area contributed by atoms with Gasteiger partial charge in [0.05, 0.1) is 11.0 Å². The van der Waals surface area contributed by atoms with Gasteiger partial charge in [-0.05, 0) is 44.9 Å². The zero-order chi connectivity index (χ0) is 24.5. The molecule has 9 nitrogen and oxygen atoms in total. The highest BCUT2D eigenvalue weighted by atomic mass is 32.2. The summed E-state index contributed by atoms with van der Waals surface area (Å²) in [6, 6.07) is 9.12. The van der Waals surface area contributed by atoms with E-state index in [2.05, 4.69) is 0 Å². The van der Waals surface area contributed by atoms with Crippen molar-refractivity contribution in [3.63, 3.8) is 0 Å². The Morgan fingerprint density at radius 3 is 2.45 bits per heavy atom. The maximum atomic E-state index is 13.2. The monoisotopic (exact) mass is 473 g/mol. The molecule has 0 aromatic heterocycles. The number of nitrogens with zero attached hydrogens (tertiary/aromatic N) is 3. The molecule has 0 aliphatic carbocycles. The molecule has 0 unspecified atom stereocenters. The molecule has 0 saturated carbocycles. The minimum atomic E-state index is -4.30. The predicted molar refractivity (Wildman–Crippen MR) is 122 cm³/mol. The molecule has 1 fully saturated rings. The summed E-state index contributed by atoms with van der Waals surface area (Å²) in [5.74, 6) is -0.695. The maximum Gasteiger partial charge on any atom is 0.289 e. The molecule has 10 heteroatoms. The number of hydrogen-bond acceptors (Lipinski definition) is 6. The summed E-state index contributed by atoms with van der Waals surface area (Å²) >= 11 is 0. The van der Waals surface area contributed by atoms with Gasteiger partial charge in [-0.1, -0.05) is 35.9 Å². The molecule has 2 atom stereocenters. The molecule has 1 heterocycles. The van der Waals surface area contributed by atoms with E-state index >= 15 is 0 Å². The predicted octanol–water partition coefficient (Wildman–Crippen LogP) is 2.63. The Bertz CT molecular complexity index is 1210. The van der Waals surface area contributed by atoms with Crippen LogP contribution in [0.25, 0.3) is 0 Å². The largest absolute Gasteiger partial charge is 0.330 e. The minimum absolute atomic E-state index is 0.0121. The lowest BCUT2D eigenvalue weighted by Gasteiger charge is -2.41. The van der Waals surface area contributed by atoms with E-state index in [-0.39, 0.29) is 18.9 Å². The van der Waals surface area contributed by atoms with Gasteiger partial charge in [-0.3, -0.25) is 19.7 Å². The van der Waals surface area contributed by atoms with E-state index in [1.54, 1.807) is 0 Å². The standard InChI is InChI=1S/C23H27N3O6S/c1-15-9-10-19(16(2)13-15)14-21(18(4)27)24-11-12-25(17(3)23(24)28)33(31,32)22-8-6-5-7-20(22)26(29)30/h5-10,13,17,21H,11-12,14H2,1-4H3/t17-,21-/m0/s1. The lowest BCUT2D eigenvalue weighted by Crippen LogP contribution is -2.61. The molecule has 1 saturated heterocycles. The lowest BCUT2D eigenvalue weighted by molar-refractivity contribution is -0.387. The van der Waals surface area contributed by atoms with E-state index in [0.29, 0.717) is 6.42 Å². The summed E-state index contributed by atoms with van der Waals surface area (Å²) in [4.78, 5) is 37.3. The second-order valence-corrected chi connectivity index (χ2v) is 10.2. The Morgan fingerprint density at radius 2 is 1.85 bits per heavy atom. The van der Waals surface area contributed by atoms with Crippen LogP contribution in [-0.2, 0) is 26.0 Å². The first-order valence-corrected chi connectivity index (χ1v) is 12.0. The van der Waals surface area contributed by atoms with Crippen molar-refractivity contribution in [3.05, 3.63) is 69.3 Å². The van der Waals surface area contributed by atoms with Crippen LogP contribution in [0.4, 0.5) is 5.69 Å². The molecule has 3 rings (SSSR count). The van der Waals surface area contributed by atoms with Crippen LogP contribution in [0.5, 0.6) is 0 Å². The summed E-state index contributed by atoms with van der Waals surface area (Å²) in [6.07, 6.45) is 0.330. The number of hydrogen-bond donors (Lipinski definition) is 0. The fourth-order valence-electron chi connectivity index (χ4n) is 4.22. The van der Waals surface area contributed by atoms with Gasteiger partial charge < -0.3 is 4.90 Å². The molecule has 33 heavy (non-hydrogen) atoms. The molecule has 0 N–H and O–H groups in total. The first-order valence-electron chi connectivity index (χ1n) is 10.6. The number of ketones is 1. The average molecular weight is 474 g/mol. The Hall–Kier alpha value is -3.11. The topological polar surface area (TPSA) is 118 Å². The number of piperazine rings is 1. The smallest absolute Gasteiger partial charge is 0.289 e. The zero-order valence-corrected chi connectivity index (χ0v) is 19.8. The highest BCUT2D eigenvalue weighted by Gasteiger charge is 2.43. The van der Waals surface area contributed by atoms with Crippen LogP contribution in [-0.4, -0.2) is 59.4 Å². The van der Waals surface area contributed by atoms with Crippen LogP contribution in [0, 0.1) is 24.0 Å². The van der Waals surface area contributed by atoms with Crippen molar-refractivity contribution in [2.45, 2.75) is 51.1 Å². The number of sulfonamides is 1. The molecule has 0 spiro atoms. The van der Waals surface area contributed by atoms with Crippen molar-refractivity contribution in [1.29, 1.82) is 0 Å². The fraction of sp³-hybridized carbons (Fsp3) is 0.391. The number of para-hydroxylation sites is 1. The fourth-order valence-corrected chi connectivity index (χ4v) is 5.96. The van der Waals surface area contributed by atoms with E-state index in [0.717, 1.165) is 33.1 Å². The van der Waals surface area contributed by atoms with Gasteiger partial charge in [0, 0.05) is 25.6 Å². The van der Waals surface area contributed by atoms with Crippen molar-refractivity contribution >= 4 is 27.4 Å². The van der Waals surface area contributed by atoms with Crippen LogP contribution in [0.15, 0.2) is 47.4 Å². The minimum Gasteiger partial charge on any atom is -0.330 e. The first-order chi connectivity index (χ1) is 15.4. The van der Waals surface area contributed by atoms with Gasteiger partial charge in [0.1, 0.15) is 6.04 Å². The third-order valence-electron chi connectivity index (χ3n) is 6.04. The normalized spacial score (nSPS) is 18.2. The van der Waals surface area contributed by atoms with Gasteiger partial charge in [0.2, 0.25) is 5.91 Å². The number of carbonyl (C=O) groups is 2.